The van der Waals surface area contributed by atoms with Gasteiger partial charge in [-0.25, -0.2) is 19.6 Å². The van der Waals surface area contributed by atoms with Crippen molar-refractivity contribution in [2.45, 2.75) is 102 Å². The zero-order chi connectivity index (χ0) is 44.0. The molecular weight excluding hydrogens is 797 g/mol. The minimum absolute atomic E-state index is 0.0148. The van der Waals surface area contributed by atoms with E-state index >= 15 is 0 Å². The second kappa shape index (κ2) is 17.6. The highest BCUT2D eigenvalue weighted by Crippen LogP contribution is 2.44. The van der Waals surface area contributed by atoms with Crippen LogP contribution in [0.1, 0.15) is 76.3 Å². The van der Waals surface area contributed by atoms with Crippen molar-refractivity contribution in [3.05, 3.63) is 65.9 Å². The molecule has 2 unspecified atom stereocenters. The quantitative estimate of drug-likeness (QED) is 0.0990. The van der Waals surface area contributed by atoms with Gasteiger partial charge >= 0.3 is 12.2 Å². The van der Waals surface area contributed by atoms with Crippen LogP contribution in [0, 0.1) is 5.92 Å². The van der Waals surface area contributed by atoms with Crippen LogP contribution in [0.25, 0.3) is 44.2 Å². The molecule has 5 heterocycles. The van der Waals surface area contributed by atoms with E-state index in [1.54, 1.807) is 32.1 Å². The number of amides is 3. The van der Waals surface area contributed by atoms with Crippen LogP contribution < -0.4 is 15.4 Å². The van der Waals surface area contributed by atoms with Gasteiger partial charge in [-0.1, -0.05) is 25.1 Å². The first-order chi connectivity index (χ1) is 29.8. The normalized spacial score (nSPS) is 22.3. The predicted molar refractivity (Wildman–Crippen MR) is 230 cm³/mol. The fraction of sp³-hybridized carbons (Fsp3) is 0.489. The number of hydrogen-bond donors (Lipinski definition) is 5. The molecule has 17 heteroatoms. The molecule has 2 aromatic heterocycles. The summed E-state index contributed by atoms with van der Waals surface area (Å²) in [7, 11) is 5.60. The zero-order valence-electron chi connectivity index (χ0n) is 36.4. The average molecular weight is 853 g/mol. The number of fused-ring (bicyclic) bond motifs is 6. The SMILES string of the molecule is COC(=O)N[C@H](C(=O)N1C[C@@H](C)CC1c1ncc(-c2ccc3c(c2)COc2cc4c(ccc5nc([C@@H]6CC[C@H](C)N6C(O)[C@@H](NC(=O)OC)[C@@H](C)OC)[nH]c54)cc2-3)[nH]1)[C@@H](C)OC. The Morgan fingerprint density at radius 1 is 0.887 bits per heavy atom. The molecule has 3 amide bonds. The summed E-state index contributed by atoms with van der Waals surface area (Å²) >= 11 is 0. The van der Waals surface area contributed by atoms with Gasteiger partial charge in [0.15, 0.2) is 0 Å². The summed E-state index contributed by atoms with van der Waals surface area (Å²) < 4.78 is 27.1. The first-order valence-electron chi connectivity index (χ1n) is 21.1. The third-order valence-electron chi connectivity index (χ3n) is 13.0. The van der Waals surface area contributed by atoms with E-state index in [4.69, 9.17) is 33.7 Å². The van der Waals surface area contributed by atoms with Gasteiger partial charge in [-0.3, -0.25) is 9.69 Å². The zero-order valence-corrected chi connectivity index (χ0v) is 36.4. The van der Waals surface area contributed by atoms with E-state index < -0.39 is 42.7 Å². The molecule has 5 N–H and O–H groups in total. The molecule has 17 nitrogen and oxygen atoms in total. The number of aliphatic hydroxyl groups excluding tert-OH is 1. The van der Waals surface area contributed by atoms with Gasteiger partial charge in [0.25, 0.3) is 0 Å². The van der Waals surface area contributed by atoms with Gasteiger partial charge in [0.1, 0.15) is 36.3 Å². The van der Waals surface area contributed by atoms with Gasteiger partial charge in [0.2, 0.25) is 5.91 Å². The number of ether oxygens (including phenoxy) is 5. The molecule has 330 valence electrons. The number of benzene rings is 3. The van der Waals surface area contributed by atoms with Crippen molar-refractivity contribution in [3.63, 3.8) is 0 Å². The highest BCUT2D eigenvalue weighted by atomic mass is 16.5. The molecule has 0 saturated carbocycles. The highest BCUT2D eigenvalue weighted by molar-refractivity contribution is 6.07. The van der Waals surface area contributed by atoms with E-state index in [2.05, 4.69) is 70.8 Å². The van der Waals surface area contributed by atoms with E-state index in [0.717, 1.165) is 74.2 Å². The summed E-state index contributed by atoms with van der Waals surface area (Å²) in [4.78, 5) is 58.9. The van der Waals surface area contributed by atoms with Crippen LogP contribution in [-0.4, -0.2) is 124 Å². The first kappa shape index (κ1) is 42.9. The number of nitrogens with zero attached hydrogens (tertiary/aromatic N) is 4. The molecule has 0 bridgehead atoms. The number of rotatable bonds is 12. The molecule has 8 rings (SSSR count). The van der Waals surface area contributed by atoms with Crippen molar-refractivity contribution >= 4 is 39.9 Å². The van der Waals surface area contributed by atoms with Crippen LogP contribution in [0.2, 0.25) is 0 Å². The minimum Gasteiger partial charge on any atom is -0.488 e. The van der Waals surface area contributed by atoms with Crippen molar-refractivity contribution in [1.82, 2.24) is 40.4 Å². The van der Waals surface area contributed by atoms with Gasteiger partial charge in [0.05, 0.1) is 67.5 Å². The molecule has 9 atom stereocenters. The lowest BCUT2D eigenvalue weighted by Gasteiger charge is -2.38. The number of aliphatic hydroxyl groups is 1. The van der Waals surface area contributed by atoms with Gasteiger partial charge in [0, 0.05) is 37.8 Å². The van der Waals surface area contributed by atoms with Crippen LogP contribution in [0.3, 0.4) is 0 Å². The molecule has 0 spiro atoms. The number of carbonyl (C=O) groups is 3. The Bertz CT molecular complexity index is 2470. The number of likely N-dealkylation sites (tertiary alicyclic amines) is 2. The molecule has 62 heavy (non-hydrogen) atoms. The van der Waals surface area contributed by atoms with E-state index in [0.29, 0.717) is 25.4 Å². The van der Waals surface area contributed by atoms with Crippen LogP contribution >= 0.6 is 0 Å². The monoisotopic (exact) mass is 852 g/mol. The topological polar surface area (TPSA) is 205 Å². The number of alkyl carbamates (subject to hydrolysis) is 2. The maximum atomic E-state index is 13.9. The molecule has 2 saturated heterocycles. The van der Waals surface area contributed by atoms with Crippen LogP contribution in [0.5, 0.6) is 5.75 Å². The second-order valence-corrected chi connectivity index (χ2v) is 16.8. The number of H-pyrrole nitrogens is 2. The van der Waals surface area contributed by atoms with Crippen molar-refractivity contribution in [3.8, 4) is 28.1 Å². The number of hydrogen-bond acceptors (Lipinski definition) is 12. The summed E-state index contributed by atoms with van der Waals surface area (Å²) in [6.07, 6.45) is 0.639. The standard InChI is InChI=1S/C45H56N8O9/c1-22-15-35(52(20-22)42(54)37(24(3)58-5)50-44(56)60-7)40-46-19-33(48-40)27-10-12-29-28(16-27)21-62-36-18-30-26(17-31(29)36)11-13-32-39(30)49-41(47-32)34-14-9-23(2)53(34)43(55)38(25(4)59-6)51-45(57)61-8/h10-13,16-19,22-25,34-35,37-38,43,55H,9,14-15,20-21H2,1-8H3,(H,46,48)(H,47,49)(H,50,56)(H,51,57)/t22-,23-,24+,25+,34-,35?,37-,38-,43?/m0/s1. The van der Waals surface area contributed by atoms with Crippen LogP contribution in [0.15, 0.2) is 48.7 Å². The molecule has 3 aliphatic heterocycles. The Balaban J connectivity index is 1.04. The number of imidazole rings is 2. The number of methoxy groups -OCH3 is 4. The number of carbonyl (C=O) groups excluding carboxylic acids is 3. The number of nitrogens with one attached hydrogen (secondary N) is 4. The summed E-state index contributed by atoms with van der Waals surface area (Å²) in [5, 5.41) is 19.1. The third-order valence-corrected chi connectivity index (χ3v) is 13.0. The lowest BCUT2D eigenvalue weighted by molar-refractivity contribution is -0.137. The molecule has 3 aromatic carbocycles. The Labute approximate surface area is 359 Å². The third kappa shape index (κ3) is 7.93. The molecule has 3 aliphatic rings. The van der Waals surface area contributed by atoms with E-state index in [9.17, 15) is 19.5 Å². The van der Waals surface area contributed by atoms with Gasteiger partial charge in [-0.2, -0.15) is 0 Å². The summed E-state index contributed by atoms with van der Waals surface area (Å²) in [6, 6.07) is 12.4. The van der Waals surface area contributed by atoms with Gasteiger partial charge < -0.3 is 54.3 Å². The van der Waals surface area contributed by atoms with Crippen LogP contribution in [-0.2, 0) is 30.3 Å². The summed E-state index contributed by atoms with van der Waals surface area (Å²) in [5.74, 6) is 2.14. The Morgan fingerprint density at radius 2 is 1.65 bits per heavy atom. The maximum Gasteiger partial charge on any atom is 0.407 e. The van der Waals surface area contributed by atoms with Crippen molar-refractivity contribution < 1.29 is 43.2 Å². The first-order valence-corrected chi connectivity index (χ1v) is 21.1. The fourth-order valence-electron chi connectivity index (χ4n) is 9.41. The maximum absolute atomic E-state index is 13.9. The molecule has 0 aliphatic carbocycles. The molecule has 2 fully saturated rings. The predicted octanol–water partition coefficient (Wildman–Crippen LogP) is 5.94. The van der Waals surface area contributed by atoms with Gasteiger partial charge in [-0.05, 0) is 92.3 Å². The van der Waals surface area contributed by atoms with E-state index in [1.165, 1.54) is 21.3 Å². The molecular formula is C45H56N8O9. The number of aromatic amines is 2. The number of aromatic nitrogens is 4. The highest BCUT2D eigenvalue weighted by Gasteiger charge is 2.44. The Kier molecular flexibility index (Phi) is 12.2. The second-order valence-electron chi connectivity index (χ2n) is 16.8. The van der Waals surface area contributed by atoms with Crippen molar-refractivity contribution in [2.75, 3.05) is 35.0 Å². The van der Waals surface area contributed by atoms with Crippen LogP contribution in [0.4, 0.5) is 9.59 Å². The summed E-state index contributed by atoms with van der Waals surface area (Å²) in [5.41, 5.74) is 6.53. The molecule has 0 radical (unpaired) electrons. The fourth-order valence-corrected chi connectivity index (χ4v) is 9.41. The smallest absolute Gasteiger partial charge is 0.407 e. The van der Waals surface area contributed by atoms with E-state index in [1.807, 2.05) is 11.0 Å². The largest absolute Gasteiger partial charge is 0.488 e. The lowest BCUT2D eigenvalue weighted by atomic mass is 9.92. The van der Waals surface area contributed by atoms with Gasteiger partial charge in [-0.15, -0.1) is 0 Å². The minimum atomic E-state index is -1.06. The Morgan fingerprint density at radius 3 is 2.39 bits per heavy atom. The summed E-state index contributed by atoms with van der Waals surface area (Å²) in [6.45, 7) is 8.58. The lowest BCUT2D eigenvalue weighted by Crippen LogP contribution is -2.58. The van der Waals surface area contributed by atoms with E-state index in [-0.39, 0.29) is 30.0 Å². The average Bonchev–Trinajstić information content (AvgIpc) is 4.11. The molecule has 5 aromatic rings. The Hall–Kier alpha value is -5.75. The van der Waals surface area contributed by atoms with Crippen molar-refractivity contribution in [1.29, 1.82) is 0 Å². The van der Waals surface area contributed by atoms with Crippen molar-refractivity contribution in [2.24, 2.45) is 5.92 Å².